The predicted molar refractivity (Wildman–Crippen MR) is 173 cm³/mol. The molecule has 3 heterocycles. The fourth-order valence-electron chi connectivity index (χ4n) is 12.4. The first-order valence-corrected chi connectivity index (χ1v) is 18.2. The van der Waals surface area contributed by atoms with Crippen LogP contribution in [0.1, 0.15) is 59.8 Å². The molecule has 2 bridgehead atoms. The molecule has 7 aliphatic carbocycles. The van der Waals surface area contributed by atoms with Crippen LogP contribution in [0.25, 0.3) is 0 Å². The lowest BCUT2D eigenvalue weighted by Gasteiger charge is -2.61. The zero-order valence-corrected chi connectivity index (χ0v) is 29.3. The first kappa shape index (κ1) is 32.6. The van der Waals surface area contributed by atoms with Crippen LogP contribution in [-0.4, -0.2) is 88.1 Å². The van der Waals surface area contributed by atoms with Crippen LogP contribution in [0.2, 0.25) is 0 Å². The summed E-state index contributed by atoms with van der Waals surface area (Å²) in [5, 5.41) is 37.0. The van der Waals surface area contributed by atoms with E-state index >= 15 is 0 Å². The monoisotopic (exact) mass is 716 g/mol. The second-order valence-electron chi connectivity index (χ2n) is 17.0. The second-order valence-corrected chi connectivity index (χ2v) is 17.0. The minimum atomic E-state index is -2.41. The highest BCUT2D eigenvalue weighted by molar-refractivity contribution is 5.99. The Labute approximate surface area is 298 Å². The second kappa shape index (κ2) is 9.72. The fraction of sp³-hybridized carbons (Fsp3) is 0.615. The van der Waals surface area contributed by atoms with Crippen molar-refractivity contribution in [2.75, 3.05) is 19.8 Å². The van der Waals surface area contributed by atoms with Crippen LogP contribution >= 0.6 is 0 Å². The Morgan fingerprint density at radius 3 is 2.29 bits per heavy atom. The van der Waals surface area contributed by atoms with Gasteiger partial charge in [-0.05, 0) is 85.0 Å². The number of rotatable bonds is 0. The summed E-state index contributed by atoms with van der Waals surface area (Å²) in [7, 11) is 0. The summed E-state index contributed by atoms with van der Waals surface area (Å²) in [5.41, 5.74) is -1.82. The third-order valence-electron chi connectivity index (χ3n) is 14.9. The molecule has 5 fully saturated rings. The van der Waals surface area contributed by atoms with Crippen LogP contribution in [-0.2, 0) is 47.7 Å². The van der Waals surface area contributed by atoms with Crippen LogP contribution in [0.4, 0.5) is 0 Å². The molecule has 274 valence electrons. The standard InChI is InChI=1S/C39H40O13/c1-15-7-8-48-26(40)5-6-27(41)49-13-19-21-12-24-35(3,22-11-23(22)37(24,46)14-50-31(15)42)25-10-18-17-9-20(17)36(4)29(18)30(38(21,25)51-33(19)44)28-16(2)32(43)52-39(28,47)34(36)45/h7,10,17,20,22-25,34,45-47H,5-6,8-9,11-14H2,1-4H3/b15-7+/t17-,20-,22-,23+,24?,25?,34-,35+,36+,37+,38+,39+/m1/s1. The van der Waals surface area contributed by atoms with Gasteiger partial charge in [0.1, 0.15) is 31.5 Å². The molecule has 3 aliphatic heterocycles. The maximum Gasteiger partial charge on any atom is 0.338 e. The van der Waals surface area contributed by atoms with Gasteiger partial charge in [0.25, 0.3) is 5.79 Å². The molecule has 0 radical (unpaired) electrons. The fourth-order valence-corrected chi connectivity index (χ4v) is 12.4. The Morgan fingerprint density at radius 2 is 1.54 bits per heavy atom. The van der Waals surface area contributed by atoms with E-state index in [0.717, 1.165) is 17.6 Å². The van der Waals surface area contributed by atoms with E-state index in [2.05, 4.69) is 13.0 Å². The number of aliphatic hydroxyl groups excluding tert-OH is 1. The van der Waals surface area contributed by atoms with Gasteiger partial charge in [-0.1, -0.05) is 19.9 Å². The third kappa shape index (κ3) is 3.54. The average molecular weight is 717 g/mol. The molecule has 0 amide bonds. The molecule has 12 atom stereocenters. The Kier molecular flexibility index (Phi) is 6.09. The van der Waals surface area contributed by atoms with Gasteiger partial charge in [0.05, 0.1) is 18.4 Å². The average Bonchev–Trinajstić information content (AvgIpc) is 4.00. The number of carbonyl (C=O) groups excluding carboxylic acids is 5. The van der Waals surface area contributed by atoms with Gasteiger partial charge in [0, 0.05) is 39.5 Å². The van der Waals surface area contributed by atoms with Crippen molar-refractivity contribution in [2.45, 2.75) is 82.9 Å². The van der Waals surface area contributed by atoms with E-state index < -0.39 is 82.2 Å². The summed E-state index contributed by atoms with van der Waals surface area (Å²) < 4.78 is 28.9. The summed E-state index contributed by atoms with van der Waals surface area (Å²) in [6.45, 7) is 6.02. The van der Waals surface area contributed by atoms with Crippen LogP contribution in [0.15, 0.2) is 56.7 Å². The van der Waals surface area contributed by atoms with E-state index in [1.165, 1.54) is 19.9 Å². The van der Waals surface area contributed by atoms with E-state index in [0.29, 0.717) is 17.6 Å². The number of aliphatic hydroxyl groups is 3. The number of carbonyl (C=O) groups is 5. The number of allylic oxidation sites excluding steroid dienone is 1. The Morgan fingerprint density at radius 1 is 0.808 bits per heavy atom. The Balaban J connectivity index is 1.20. The smallest absolute Gasteiger partial charge is 0.338 e. The lowest BCUT2D eigenvalue weighted by Crippen LogP contribution is -2.65. The van der Waals surface area contributed by atoms with E-state index in [1.807, 2.05) is 6.92 Å². The summed E-state index contributed by atoms with van der Waals surface area (Å²) in [6, 6.07) is 0. The van der Waals surface area contributed by atoms with Gasteiger partial charge in [0.2, 0.25) is 0 Å². The van der Waals surface area contributed by atoms with Crippen molar-refractivity contribution in [1.29, 1.82) is 0 Å². The minimum Gasteiger partial charge on any atom is -0.461 e. The van der Waals surface area contributed by atoms with E-state index in [-0.39, 0.29) is 78.4 Å². The van der Waals surface area contributed by atoms with Gasteiger partial charge < -0.3 is 39.0 Å². The topological polar surface area (TPSA) is 192 Å². The summed E-state index contributed by atoms with van der Waals surface area (Å²) in [5.74, 6) is -7.49. The zero-order valence-electron chi connectivity index (χ0n) is 29.3. The molecule has 0 saturated heterocycles. The molecule has 0 aromatic rings. The molecule has 10 aliphatic rings. The first-order chi connectivity index (χ1) is 24.5. The highest BCUT2D eigenvalue weighted by Gasteiger charge is 2.84. The summed E-state index contributed by atoms with van der Waals surface area (Å²) in [6.07, 6.45) is 2.96. The van der Waals surface area contributed by atoms with Gasteiger partial charge >= 0.3 is 29.8 Å². The van der Waals surface area contributed by atoms with Crippen LogP contribution in [0, 0.1) is 46.3 Å². The highest BCUT2D eigenvalue weighted by Crippen LogP contribution is 2.82. The molecular weight excluding hydrogens is 676 g/mol. The summed E-state index contributed by atoms with van der Waals surface area (Å²) in [4.78, 5) is 66.1. The van der Waals surface area contributed by atoms with Crippen molar-refractivity contribution in [3.8, 4) is 0 Å². The molecular formula is C39H40O13. The van der Waals surface area contributed by atoms with Crippen molar-refractivity contribution in [3.63, 3.8) is 0 Å². The lowest BCUT2D eigenvalue weighted by atomic mass is 9.45. The molecule has 3 N–H and O–H groups in total. The zero-order chi connectivity index (χ0) is 36.7. The molecule has 10 rings (SSSR count). The third-order valence-corrected chi connectivity index (χ3v) is 14.9. The highest BCUT2D eigenvalue weighted by atomic mass is 16.7. The van der Waals surface area contributed by atoms with Gasteiger partial charge in [0.15, 0.2) is 5.60 Å². The SMILES string of the molecule is CC1=C2C3=C4C(=CC5[C@]36OC(=O)C3=C6CC6[C@]5(C)[C@@H]5C[C@@H]5[C@@]6(O)COC(=O)/C(C)=C/COC(=O)CCC(=O)OC3)[C@H]3C[C@H]3[C@]4(C)[C@@H](O)[C@@]2(O)OC1=O. The molecule has 1 spiro atoms. The number of hydrogen-bond acceptors (Lipinski definition) is 13. The van der Waals surface area contributed by atoms with Gasteiger partial charge in [-0.3, -0.25) is 9.59 Å². The van der Waals surface area contributed by atoms with E-state index in [1.54, 1.807) is 0 Å². The van der Waals surface area contributed by atoms with Crippen molar-refractivity contribution < 1.29 is 63.0 Å². The predicted octanol–water partition coefficient (Wildman–Crippen LogP) is 1.80. The van der Waals surface area contributed by atoms with Crippen molar-refractivity contribution in [1.82, 2.24) is 0 Å². The lowest BCUT2D eigenvalue weighted by molar-refractivity contribution is -0.240. The molecule has 0 aromatic carbocycles. The number of esters is 5. The van der Waals surface area contributed by atoms with Gasteiger partial charge in [-0.2, -0.15) is 0 Å². The van der Waals surface area contributed by atoms with Gasteiger partial charge in [-0.15, -0.1) is 0 Å². The first-order valence-electron chi connectivity index (χ1n) is 18.2. The molecule has 52 heavy (non-hydrogen) atoms. The van der Waals surface area contributed by atoms with Crippen LogP contribution in [0.5, 0.6) is 0 Å². The summed E-state index contributed by atoms with van der Waals surface area (Å²) >= 11 is 0. The van der Waals surface area contributed by atoms with E-state index in [9.17, 15) is 39.3 Å². The van der Waals surface area contributed by atoms with Crippen LogP contribution < -0.4 is 0 Å². The van der Waals surface area contributed by atoms with Gasteiger partial charge in [-0.25, -0.2) is 14.4 Å². The number of fused-ring (bicyclic) bond motifs is 9. The Bertz CT molecular complexity index is 2030. The van der Waals surface area contributed by atoms with Crippen molar-refractivity contribution in [2.24, 2.45) is 46.3 Å². The molecule has 0 aromatic heterocycles. The number of hydrogen-bond donors (Lipinski definition) is 3. The molecule has 13 heteroatoms. The number of ether oxygens (including phenoxy) is 5. The molecule has 13 nitrogen and oxygen atoms in total. The Hall–Kier alpha value is -4.07. The normalized spacial score (nSPS) is 49.4. The minimum absolute atomic E-state index is 0.0539. The maximum atomic E-state index is 14.3. The largest absolute Gasteiger partial charge is 0.461 e. The van der Waals surface area contributed by atoms with E-state index in [4.69, 9.17) is 23.7 Å². The maximum absolute atomic E-state index is 14.3. The molecule has 5 saturated carbocycles. The van der Waals surface area contributed by atoms with Crippen molar-refractivity contribution >= 4 is 29.8 Å². The van der Waals surface area contributed by atoms with Crippen LogP contribution in [0.3, 0.4) is 0 Å². The number of cyclic esters (lactones) is 3. The molecule has 2 unspecified atom stereocenters. The van der Waals surface area contributed by atoms with Crippen molar-refractivity contribution in [3.05, 3.63) is 56.7 Å². The quantitative estimate of drug-likeness (QED) is 0.243.